The van der Waals surface area contributed by atoms with Crippen LogP contribution in [0.5, 0.6) is 5.75 Å². The van der Waals surface area contributed by atoms with Crippen LogP contribution in [0.2, 0.25) is 0 Å². The number of hydrogen-bond donors (Lipinski definition) is 2. The van der Waals surface area contributed by atoms with Gasteiger partial charge in [0.15, 0.2) is 0 Å². The molecule has 2 aromatic rings. The Balaban J connectivity index is 1.76. The first-order valence-corrected chi connectivity index (χ1v) is 8.70. The highest BCUT2D eigenvalue weighted by Crippen LogP contribution is 2.23. The molecule has 0 aliphatic rings. The number of rotatable bonds is 6. The molecule has 0 saturated carbocycles. The molecule has 2 rings (SSSR count). The van der Waals surface area contributed by atoms with Crippen molar-refractivity contribution < 1.29 is 9.53 Å². The maximum Gasteiger partial charge on any atom is 0.319 e. The van der Waals surface area contributed by atoms with Crippen molar-refractivity contribution in [3.8, 4) is 5.75 Å². The number of nitrogens with one attached hydrogen (secondary N) is 2. The van der Waals surface area contributed by atoms with E-state index in [-0.39, 0.29) is 6.03 Å². The highest BCUT2D eigenvalue weighted by atomic mass is 16.5. The molecule has 4 heteroatoms. The van der Waals surface area contributed by atoms with Gasteiger partial charge in [0.05, 0.1) is 6.61 Å². The van der Waals surface area contributed by atoms with Gasteiger partial charge in [-0.25, -0.2) is 4.79 Å². The topological polar surface area (TPSA) is 50.4 Å². The van der Waals surface area contributed by atoms with E-state index in [4.69, 9.17) is 4.74 Å². The van der Waals surface area contributed by atoms with Crippen LogP contribution < -0.4 is 15.4 Å². The van der Waals surface area contributed by atoms with Crippen LogP contribution in [0, 0.1) is 34.6 Å². The van der Waals surface area contributed by atoms with Gasteiger partial charge in [-0.05, 0) is 63.3 Å². The summed E-state index contributed by atoms with van der Waals surface area (Å²) in [4.78, 5) is 12.1. The Morgan fingerprint density at radius 2 is 1.56 bits per heavy atom. The lowest BCUT2D eigenvalue weighted by Crippen LogP contribution is -2.30. The van der Waals surface area contributed by atoms with Gasteiger partial charge in [-0.3, -0.25) is 0 Å². The summed E-state index contributed by atoms with van der Waals surface area (Å²) in [6.45, 7) is 11.3. The summed E-state index contributed by atoms with van der Waals surface area (Å²) in [6.07, 6.45) is 0.757. The second-order valence-corrected chi connectivity index (χ2v) is 6.58. The van der Waals surface area contributed by atoms with Crippen LogP contribution in [-0.4, -0.2) is 19.2 Å². The molecule has 2 aromatic carbocycles. The molecule has 0 fully saturated rings. The number of para-hydroxylation sites is 1. The third-order valence-electron chi connectivity index (χ3n) is 4.18. The summed E-state index contributed by atoms with van der Waals surface area (Å²) >= 11 is 0. The number of ether oxygens (including phenoxy) is 1. The van der Waals surface area contributed by atoms with Crippen molar-refractivity contribution in [2.24, 2.45) is 0 Å². The highest BCUT2D eigenvalue weighted by Gasteiger charge is 2.08. The number of amides is 2. The molecule has 0 aromatic heterocycles. The van der Waals surface area contributed by atoms with Crippen molar-refractivity contribution >= 4 is 11.7 Å². The van der Waals surface area contributed by atoms with Gasteiger partial charge in [-0.15, -0.1) is 0 Å². The molecule has 2 amide bonds. The quantitative estimate of drug-likeness (QED) is 0.741. The predicted molar refractivity (Wildman–Crippen MR) is 104 cm³/mol. The van der Waals surface area contributed by atoms with Gasteiger partial charge >= 0.3 is 6.03 Å². The normalized spacial score (nSPS) is 10.4. The fourth-order valence-electron chi connectivity index (χ4n) is 3.01. The molecule has 0 radical (unpaired) electrons. The first kappa shape index (κ1) is 18.8. The number of urea groups is 1. The van der Waals surface area contributed by atoms with Gasteiger partial charge in [0.1, 0.15) is 5.75 Å². The molecule has 0 saturated heterocycles. The second kappa shape index (κ2) is 8.56. The Morgan fingerprint density at radius 3 is 2.16 bits per heavy atom. The standard InChI is InChI=1S/C21H28N2O2/c1-14-12-17(4)19(18(5)13-14)23-21(24)22-10-7-11-25-20-15(2)8-6-9-16(20)3/h6,8-9,12-13H,7,10-11H2,1-5H3,(H2,22,23,24). The molecule has 0 spiro atoms. The summed E-state index contributed by atoms with van der Waals surface area (Å²) in [5, 5.41) is 5.83. The number of hydrogen-bond acceptors (Lipinski definition) is 2. The fourth-order valence-corrected chi connectivity index (χ4v) is 3.01. The van der Waals surface area contributed by atoms with E-state index in [2.05, 4.69) is 29.7 Å². The smallest absolute Gasteiger partial charge is 0.319 e. The zero-order chi connectivity index (χ0) is 18.4. The average Bonchev–Trinajstić information content (AvgIpc) is 2.53. The lowest BCUT2D eigenvalue weighted by atomic mass is 10.1. The van der Waals surface area contributed by atoms with Gasteiger partial charge in [-0.1, -0.05) is 35.9 Å². The average molecular weight is 340 g/mol. The first-order valence-electron chi connectivity index (χ1n) is 8.70. The molecule has 4 nitrogen and oxygen atoms in total. The zero-order valence-corrected chi connectivity index (χ0v) is 15.8. The lowest BCUT2D eigenvalue weighted by molar-refractivity contribution is 0.250. The maximum absolute atomic E-state index is 12.1. The van der Waals surface area contributed by atoms with E-state index in [1.165, 1.54) is 5.56 Å². The second-order valence-electron chi connectivity index (χ2n) is 6.58. The Labute approximate surface area is 150 Å². The largest absolute Gasteiger partial charge is 0.493 e. The van der Waals surface area contributed by atoms with Crippen LogP contribution >= 0.6 is 0 Å². The molecule has 0 unspecified atom stereocenters. The SMILES string of the molecule is Cc1cc(C)c(NC(=O)NCCCOc2c(C)cccc2C)c(C)c1. The summed E-state index contributed by atoms with van der Waals surface area (Å²) in [7, 11) is 0. The summed E-state index contributed by atoms with van der Waals surface area (Å²) in [5.41, 5.74) is 6.50. The van der Waals surface area contributed by atoms with Crippen LogP contribution in [0.25, 0.3) is 0 Å². The summed E-state index contributed by atoms with van der Waals surface area (Å²) in [5.74, 6) is 0.942. The van der Waals surface area contributed by atoms with E-state index in [0.717, 1.165) is 40.1 Å². The van der Waals surface area contributed by atoms with Crippen LogP contribution in [0.1, 0.15) is 34.2 Å². The van der Waals surface area contributed by atoms with Crippen LogP contribution in [0.15, 0.2) is 30.3 Å². The van der Waals surface area contributed by atoms with Gasteiger partial charge in [0, 0.05) is 12.2 Å². The van der Waals surface area contributed by atoms with E-state index in [9.17, 15) is 4.79 Å². The molecule has 0 aliphatic carbocycles. The van der Waals surface area contributed by atoms with E-state index in [0.29, 0.717) is 13.2 Å². The van der Waals surface area contributed by atoms with Gasteiger partial charge in [0.25, 0.3) is 0 Å². The molecular weight excluding hydrogens is 312 g/mol. The van der Waals surface area contributed by atoms with Gasteiger partial charge < -0.3 is 15.4 Å². The van der Waals surface area contributed by atoms with E-state index < -0.39 is 0 Å². The van der Waals surface area contributed by atoms with Crippen molar-refractivity contribution in [1.29, 1.82) is 0 Å². The van der Waals surface area contributed by atoms with Gasteiger partial charge in [-0.2, -0.15) is 0 Å². The molecule has 2 N–H and O–H groups in total. The third-order valence-corrected chi connectivity index (χ3v) is 4.18. The van der Waals surface area contributed by atoms with Crippen molar-refractivity contribution in [2.75, 3.05) is 18.5 Å². The monoisotopic (exact) mass is 340 g/mol. The fraction of sp³-hybridized carbons (Fsp3) is 0.381. The first-order chi connectivity index (χ1) is 11.9. The van der Waals surface area contributed by atoms with E-state index in [1.807, 2.05) is 45.9 Å². The minimum absolute atomic E-state index is 0.179. The summed E-state index contributed by atoms with van der Waals surface area (Å²) < 4.78 is 5.85. The Hall–Kier alpha value is -2.49. The van der Waals surface area contributed by atoms with E-state index >= 15 is 0 Å². The van der Waals surface area contributed by atoms with Crippen molar-refractivity contribution in [3.05, 3.63) is 58.1 Å². The van der Waals surface area contributed by atoms with Crippen molar-refractivity contribution in [2.45, 2.75) is 41.0 Å². The molecule has 134 valence electrons. The Bertz CT molecular complexity index is 710. The van der Waals surface area contributed by atoms with Crippen LogP contribution in [0.4, 0.5) is 10.5 Å². The number of anilines is 1. The van der Waals surface area contributed by atoms with Crippen molar-refractivity contribution in [1.82, 2.24) is 5.32 Å². The summed E-state index contributed by atoms with van der Waals surface area (Å²) in [6, 6.07) is 10.1. The molecule has 0 heterocycles. The third kappa shape index (κ3) is 5.24. The predicted octanol–water partition coefficient (Wildman–Crippen LogP) is 4.82. The number of aryl methyl sites for hydroxylation is 5. The molecule has 0 aliphatic heterocycles. The number of carbonyl (C=O) groups is 1. The highest BCUT2D eigenvalue weighted by molar-refractivity contribution is 5.91. The van der Waals surface area contributed by atoms with E-state index in [1.54, 1.807) is 0 Å². The van der Waals surface area contributed by atoms with Crippen molar-refractivity contribution in [3.63, 3.8) is 0 Å². The molecule has 25 heavy (non-hydrogen) atoms. The van der Waals surface area contributed by atoms with Crippen LogP contribution in [-0.2, 0) is 0 Å². The zero-order valence-electron chi connectivity index (χ0n) is 15.8. The molecular formula is C21H28N2O2. The Morgan fingerprint density at radius 1 is 0.960 bits per heavy atom. The van der Waals surface area contributed by atoms with Gasteiger partial charge in [0.2, 0.25) is 0 Å². The lowest BCUT2D eigenvalue weighted by Gasteiger charge is -2.14. The van der Waals surface area contributed by atoms with Crippen LogP contribution in [0.3, 0.4) is 0 Å². The molecule has 0 atom stereocenters. The minimum Gasteiger partial charge on any atom is -0.493 e. The Kier molecular flexibility index (Phi) is 6.45. The maximum atomic E-state index is 12.1. The minimum atomic E-state index is -0.179. The number of carbonyl (C=O) groups excluding carboxylic acids is 1. The molecule has 0 bridgehead atoms. The number of benzene rings is 2.